The van der Waals surface area contributed by atoms with Crippen LogP contribution >= 0.6 is 0 Å². The zero-order valence-electron chi connectivity index (χ0n) is 23.3. The number of hydrogen-bond acceptors (Lipinski definition) is 4. The van der Waals surface area contributed by atoms with E-state index in [1.807, 2.05) is 0 Å². The predicted octanol–water partition coefficient (Wildman–Crippen LogP) is 6.78. The lowest BCUT2D eigenvalue weighted by Crippen LogP contribution is -2.56. The van der Waals surface area contributed by atoms with Gasteiger partial charge in [0, 0.05) is 18.3 Å². The highest BCUT2D eigenvalue weighted by Gasteiger charge is 2.61. The van der Waals surface area contributed by atoms with Crippen molar-refractivity contribution in [1.82, 2.24) is 0 Å². The lowest BCUT2D eigenvalue weighted by Gasteiger charge is -2.59. The highest BCUT2D eigenvalue weighted by atomic mass is 16.5. The van der Waals surface area contributed by atoms with E-state index in [0.29, 0.717) is 30.1 Å². The molecule has 0 amide bonds. The molecule has 4 rings (SSSR count). The van der Waals surface area contributed by atoms with E-state index in [4.69, 9.17) is 9.84 Å². The second-order valence-electron chi connectivity index (χ2n) is 13.6. The molecule has 0 unspecified atom stereocenters. The van der Waals surface area contributed by atoms with Gasteiger partial charge in [0.25, 0.3) is 0 Å². The predicted molar refractivity (Wildman–Crippen MR) is 141 cm³/mol. The number of esters is 1. The molecule has 5 nitrogen and oxygen atoms in total. The first-order valence-corrected chi connectivity index (χ1v) is 14.8. The highest BCUT2D eigenvalue weighted by Crippen LogP contribution is 2.67. The van der Waals surface area contributed by atoms with E-state index < -0.39 is 18.0 Å². The number of aliphatic hydroxyl groups excluding tert-OH is 1. The van der Waals surface area contributed by atoms with Crippen LogP contribution in [0.2, 0.25) is 0 Å². The van der Waals surface area contributed by atoms with E-state index in [1.165, 1.54) is 50.5 Å². The highest BCUT2D eigenvalue weighted by molar-refractivity contribution is 5.76. The molecule has 0 saturated heterocycles. The number of rotatable bonds is 9. The van der Waals surface area contributed by atoms with Crippen LogP contribution in [0.5, 0.6) is 0 Å². The first-order valence-electron chi connectivity index (χ1n) is 14.8. The van der Waals surface area contributed by atoms with Gasteiger partial charge in [0.15, 0.2) is 0 Å². The summed E-state index contributed by atoms with van der Waals surface area (Å²) in [6, 6.07) is 0. The summed E-state index contributed by atoms with van der Waals surface area (Å²) in [7, 11) is 0. The summed E-state index contributed by atoms with van der Waals surface area (Å²) in [4.78, 5) is 22.9. The number of hydrogen-bond donors (Lipinski definition) is 2. The molecule has 3 saturated carbocycles. The van der Waals surface area contributed by atoms with Gasteiger partial charge in [-0.25, -0.2) is 0 Å². The Morgan fingerprint density at radius 3 is 2.53 bits per heavy atom. The van der Waals surface area contributed by atoms with Gasteiger partial charge in [0.05, 0.1) is 18.9 Å². The van der Waals surface area contributed by atoms with Gasteiger partial charge < -0.3 is 14.9 Å². The molecule has 0 aromatic carbocycles. The van der Waals surface area contributed by atoms with Gasteiger partial charge in [0.2, 0.25) is 0 Å². The number of fused-ring (bicyclic) bond motifs is 5. The Hall–Kier alpha value is -1.36. The van der Waals surface area contributed by atoms with Crippen LogP contribution in [0, 0.1) is 46.3 Å². The van der Waals surface area contributed by atoms with Crippen molar-refractivity contribution >= 4 is 11.9 Å². The zero-order valence-corrected chi connectivity index (χ0v) is 23.3. The Morgan fingerprint density at radius 1 is 1.08 bits per heavy atom. The minimum atomic E-state index is -0.993. The number of aliphatic hydroxyl groups is 1. The third kappa shape index (κ3) is 5.15. The molecule has 36 heavy (non-hydrogen) atoms. The molecule has 5 heteroatoms. The molecular formula is C31H50O5. The number of carboxylic acids is 1. The van der Waals surface area contributed by atoms with Crippen LogP contribution in [-0.4, -0.2) is 34.4 Å². The third-order valence-corrected chi connectivity index (χ3v) is 11.2. The number of ether oxygens (including phenoxy) is 1. The monoisotopic (exact) mass is 502 g/mol. The number of carbonyl (C=O) groups excluding carboxylic acids is 1. The summed E-state index contributed by atoms with van der Waals surface area (Å²) in [6.07, 6.45) is 12.6. The summed E-state index contributed by atoms with van der Waals surface area (Å²) in [5, 5.41) is 20.3. The van der Waals surface area contributed by atoms with Crippen molar-refractivity contribution in [2.45, 2.75) is 124 Å². The van der Waals surface area contributed by atoms with Gasteiger partial charge in [-0.1, -0.05) is 65.5 Å². The van der Waals surface area contributed by atoms with E-state index >= 15 is 0 Å². The normalized spacial score (nSPS) is 40.6. The van der Waals surface area contributed by atoms with Gasteiger partial charge >= 0.3 is 11.9 Å². The zero-order chi connectivity index (χ0) is 26.3. The number of carboxylic acid groups (broad SMARTS) is 1. The van der Waals surface area contributed by atoms with Gasteiger partial charge in [-0.15, -0.1) is 0 Å². The maximum Gasteiger partial charge on any atom is 0.306 e. The Morgan fingerprint density at radius 2 is 1.83 bits per heavy atom. The molecule has 204 valence electrons. The molecule has 0 radical (unpaired) electrons. The van der Waals surface area contributed by atoms with Crippen LogP contribution in [0.25, 0.3) is 0 Å². The van der Waals surface area contributed by atoms with Crippen molar-refractivity contribution in [2.24, 2.45) is 46.3 Å². The molecular weight excluding hydrogens is 452 g/mol. The molecule has 0 spiro atoms. The maximum atomic E-state index is 12.1. The Labute approximate surface area is 218 Å². The van der Waals surface area contributed by atoms with Crippen molar-refractivity contribution in [3.05, 3.63) is 11.6 Å². The molecule has 0 aliphatic heterocycles. The van der Waals surface area contributed by atoms with Crippen molar-refractivity contribution in [2.75, 3.05) is 0 Å². The average molecular weight is 503 g/mol. The summed E-state index contributed by atoms with van der Waals surface area (Å²) >= 11 is 0. The first-order chi connectivity index (χ1) is 17.0. The molecule has 0 aromatic rings. The number of carbonyl (C=O) groups is 2. The van der Waals surface area contributed by atoms with Crippen LogP contribution in [0.3, 0.4) is 0 Å². The molecule has 3 fully saturated rings. The van der Waals surface area contributed by atoms with Gasteiger partial charge in [-0.05, 0) is 73.0 Å². The molecule has 2 N–H and O–H groups in total. The van der Waals surface area contributed by atoms with E-state index in [0.717, 1.165) is 30.1 Å². The van der Waals surface area contributed by atoms with Crippen LogP contribution < -0.4 is 0 Å². The molecule has 4 aliphatic rings. The molecule has 0 bridgehead atoms. The van der Waals surface area contributed by atoms with Crippen molar-refractivity contribution in [1.29, 1.82) is 0 Å². The Kier molecular flexibility index (Phi) is 8.29. The topological polar surface area (TPSA) is 83.8 Å². The minimum absolute atomic E-state index is 0.111. The Balaban J connectivity index is 1.44. The lowest BCUT2D eigenvalue weighted by molar-refractivity contribution is -0.159. The van der Waals surface area contributed by atoms with E-state index in [1.54, 1.807) is 0 Å². The van der Waals surface area contributed by atoms with Crippen LogP contribution in [0.15, 0.2) is 11.6 Å². The standard InChI is InChI=1S/C31H50O5/c1-19(2)7-6-8-20(3)24-11-12-25-23-10-9-21-17-22(36-29(35)14-13-28(33)34)18-27(32)31(21,5)26(23)15-16-30(24,25)4/h9,19-20,22-27,32H,6-8,10-18H2,1-5H3,(H,33,34)/t20-,22-,23+,24-,25+,26+,27-,30-,31+/m1/s1. The third-order valence-electron chi connectivity index (χ3n) is 11.2. The maximum absolute atomic E-state index is 12.1. The van der Waals surface area contributed by atoms with Crippen LogP contribution in [0.4, 0.5) is 0 Å². The summed E-state index contributed by atoms with van der Waals surface area (Å²) in [5.74, 6) is 2.80. The van der Waals surface area contributed by atoms with E-state index in [9.17, 15) is 14.7 Å². The second-order valence-corrected chi connectivity index (χ2v) is 13.6. The van der Waals surface area contributed by atoms with E-state index in [2.05, 4.69) is 40.7 Å². The summed E-state index contributed by atoms with van der Waals surface area (Å²) < 4.78 is 5.61. The average Bonchev–Trinajstić information content (AvgIpc) is 3.16. The minimum Gasteiger partial charge on any atom is -0.481 e. The van der Waals surface area contributed by atoms with Crippen molar-refractivity contribution in [3.63, 3.8) is 0 Å². The lowest BCUT2D eigenvalue weighted by atomic mass is 9.46. The second kappa shape index (κ2) is 10.8. The van der Waals surface area contributed by atoms with Gasteiger partial charge in [0.1, 0.15) is 6.10 Å². The smallest absolute Gasteiger partial charge is 0.306 e. The largest absolute Gasteiger partial charge is 0.481 e. The SMILES string of the molecule is CC(C)CCC[C@@H](C)[C@H]1CC[C@H]2[C@@H]3CC=C4C[C@@H](OC(=O)CCC(=O)O)C[C@@H](O)[C@]4(C)[C@H]3CC[C@]12C. The fourth-order valence-electron chi connectivity index (χ4n) is 9.25. The Bertz CT molecular complexity index is 848. The molecule has 9 atom stereocenters. The van der Waals surface area contributed by atoms with Crippen molar-refractivity contribution in [3.8, 4) is 0 Å². The number of allylic oxidation sites excluding steroid dienone is 1. The van der Waals surface area contributed by atoms with E-state index in [-0.39, 0.29) is 24.4 Å². The summed E-state index contributed by atoms with van der Waals surface area (Å²) in [6.45, 7) is 12.0. The van der Waals surface area contributed by atoms with Gasteiger partial charge in [-0.3, -0.25) is 9.59 Å². The quantitative estimate of drug-likeness (QED) is 0.268. The van der Waals surface area contributed by atoms with Crippen molar-refractivity contribution < 1.29 is 24.5 Å². The fourth-order valence-corrected chi connectivity index (χ4v) is 9.25. The van der Waals surface area contributed by atoms with Crippen LogP contribution in [-0.2, 0) is 14.3 Å². The summed E-state index contributed by atoms with van der Waals surface area (Å²) in [5.41, 5.74) is 1.44. The van der Waals surface area contributed by atoms with Crippen LogP contribution in [0.1, 0.15) is 112 Å². The fraction of sp³-hybridized carbons (Fsp3) is 0.871. The molecule has 0 aromatic heterocycles. The first kappa shape index (κ1) is 27.7. The number of aliphatic carboxylic acids is 1. The molecule has 4 aliphatic carbocycles. The molecule has 0 heterocycles. The van der Waals surface area contributed by atoms with Gasteiger partial charge in [-0.2, -0.15) is 0 Å².